The van der Waals surface area contributed by atoms with Crippen LogP contribution in [0.1, 0.15) is 51.9 Å². The quantitative estimate of drug-likeness (QED) is 0.777. The summed E-state index contributed by atoms with van der Waals surface area (Å²) in [7, 11) is 0. The molecule has 16 heavy (non-hydrogen) atoms. The maximum atomic E-state index is 9.65. The lowest BCUT2D eigenvalue weighted by Crippen LogP contribution is -2.52. The molecule has 1 saturated carbocycles. The molecule has 0 bridgehead atoms. The standard InChI is InChI=1S/C14H27NO/c1-2-6-13-9-15(10-13)11-14(12-16)7-4-3-5-8-14/h13,16H,2-12H2,1H3. The molecule has 2 heteroatoms. The summed E-state index contributed by atoms with van der Waals surface area (Å²) in [4.78, 5) is 2.57. The van der Waals surface area contributed by atoms with Crippen LogP contribution in [0.25, 0.3) is 0 Å². The van der Waals surface area contributed by atoms with Crippen LogP contribution in [0.5, 0.6) is 0 Å². The number of aliphatic hydroxyl groups is 1. The Bertz CT molecular complexity index is 205. The van der Waals surface area contributed by atoms with Crippen LogP contribution in [0.2, 0.25) is 0 Å². The van der Waals surface area contributed by atoms with Gasteiger partial charge in [-0.25, -0.2) is 0 Å². The Balaban J connectivity index is 1.75. The van der Waals surface area contributed by atoms with Gasteiger partial charge in [0.2, 0.25) is 0 Å². The second-order valence-corrected chi connectivity index (χ2v) is 6.07. The van der Waals surface area contributed by atoms with Crippen molar-refractivity contribution in [2.24, 2.45) is 11.3 Å². The van der Waals surface area contributed by atoms with Crippen molar-refractivity contribution in [3.05, 3.63) is 0 Å². The highest BCUT2D eigenvalue weighted by Crippen LogP contribution is 2.38. The highest BCUT2D eigenvalue weighted by molar-refractivity contribution is 4.89. The fraction of sp³-hybridized carbons (Fsp3) is 1.00. The molecule has 1 aliphatic carbocycles. The van der Waals surface area contributed by atoms with Gasteiger partial charge in [-0.1, -0.05) is 32.6 Å². The minimum Gasteiger partial charge on any atom is -0.396 e. The van der Waals surface area contributed by atoms with Gasteiger partial charge in [0.25, 0.3) is 0 Å². The van der Waals surface area contributed by atoms with Gasteiger partial charge in [-0.3, -0.25) is 0 Å². The summed E-state index contributed by atoms with van der Waals surface area (Å²) in [6.07, 6.45) is 9.24. The molecule has 0 spiro atoms. The summed E-state index contributed by atoms with van der Waals surface area (Å²) >= 11 is 0. The second-order valence-electron chi connectivity index (χ2n) is 6.07. The van der Waals surface area contributed by atoms with Gasteiger partial charge in [0.05, 0.1) is 0 Å². The Hall–Kier alpha value is -0.0800. The zero-order chi connectivity index (χ0) is 11.4. The molecule has 94 valence electrons. The number of likely N-dealkylation sites (tertiary alicyclic amines) is 1. The van der Waals surface area contributed by atoms with Gasteiger partial charge in [0.1, 0.15) is 0 Å². The first-order chi connectivity index (χ1) is 7.78. The van der Waals surface area contributed by atoms with E-state index < -0.39 is 0 Å². The molecule has 0 atom stereocenters. The average molecular weight is 225 g/mol. The Morgan fingerprint density at radius 3 is 2.44 bits per heavy atom. The Labute approximate surface area is 100 Å². The third kappa shape index (κ3) is 2.78. The second kappa shape index (κ2) is 5.50. The van der Waals surface area contributed by atoms with Crippen LogP contribution in [0.15, 0.2) is 0 Å². The molecule has 2 aliphatic rings. The molecule has 2 rings (SSSR count). The van der Waals surface area contributed by atoms with Gasteiger partial charge in [-0.15, -0.1) is 0 Å². The molecule has 1 aliphatic heterocycles. The molecule has 0 aromatic heterocycles. The summed E-state index contributed by atoms with van der Waals surface area (Å²) in [6, 6.07) is 0. The number of rotatable bonds is 5. The summed E-state index contributed by atoms with van der Waals surface area (Å²) in [6.45, 7) is 6.41. The maximum absolute atomic E-state index is 9.65. The SMILES string of the molecule is CCCC1CN(CC2(CO)CCCCC2)C1. The molecule has 0 unspecified atom stereocenters. The van der Waals surface area contributed by atoms with E-state index in [2.05, 4.69) is 11.8 Å². The van der Waals surface area contributed by atoms with Crippen LogP contribution >= 0.6 is 0 Å². The van der Waals surface area contributed by atoms with E-state index in [0.29, 0.717) is 6.61 Å². The molecule has 1 N–H and O–H groups in total. The Morgan fingerprint density at radius 1 is 1.19 bits per heavy atom. The summed E-state index contributed by atoms with van der Waals surface area (Å²) in [5.41, 5.74) is 0.259. The predicted molar refractivity (Wildman–Crippen MR) is 67.4 cm³/mol. The van der Waals surface area contributed by atoms with Crippen molar-refractivity contribution >= 4 is 0 Å². The van der Waals surface area contributed by atoms with Crippen LogP contribution in [-0.2, 0) is 0 Å². The van der Waals surface area contributed by atoms with E-state index in [-0.39, 0.29) is 5.41 Å². The highest BCUT2D eigenvalue weighted by atomic mass is 16.3. The van der Waals surface area contributed by atoms with Crippen molar-refractivity contribution in [2.45, 2.75) is 51.9 Å². The highest BCUT2D eigenvalue weighted by Gasteiger charge is 2.36. The molecule has 0 radical (unpaired) electrons. The first kappa shape index (κ1) is 12.4. The van der Waals surface area contributed by atoms with E-state index in [1.165, 1.54) is 58.0 Å². The molecule has 0 aromatic rings. The van der Waals surface area contributed by atoms with E-state index >= 15 is 0 Å². The number of aliphatic hydroxyl groups excluding tert-OH is 1. The summed E-state index contributed by atoms with van der Waals surface area (Å²) in [5.74, 6) is 0.948. The first-order valence-electron chi connectivity index (χ1n) is 7.11. The zero-order valence-corrected chi connectivity index (χ0v) is 10.7. The van der Waals surface area contributed by atoms with E-state index in [1.54, 1.807) is 0 Å². The largest absolute Gasteiger partial charge is 0.396 e. The van der Waals surface area contributed by atoms with E-state index in [0.717, 1.165) is 12.5 Å². The lowest BCUT2D eigenvalue weighted by atomic mass is 9.73. The molecule has 0 aromatic carbocycles. The third-order valence-corrected chi connectivity index (χ3v) is 4.54. The van der Waals surface area contributed by atoms with Crippen molar-refractivity contribution in [2.75, 3.05) is 26.2 Å². The van der Waals surface area contributed by atoms with Crippen molar-refractivity contribution < 1.29 is 5.11 Å². The fourth-order valence-electron chi connectivity index (χ4n) is 3.54. The van der Waals surface area contributed by atoms with Crippen molar-refractivity contribution in [3.8, 4) is 0 Å². The number of nitrogens with zero attached hydrogens (tertiary/aromatic N) is 1. The molecular weight excluding hydrogens is 198 g/mol. The molecule has 2 nitrogen and oxygen atoms in total. The van der Waals surface area contributed by atoms with Gasteiger partial charge < -0.3 is 10.0 Å². The normalized spacial score (nSPS) is 26.6. The smallest absolute Gasteiger partial charge is 0.0499 e. The fourth-order valence-corrected chi connectivity index (χ4v) is 3.54. The van der Waals surface area contributed by atoms with E-state index in [1.807, 2.05) is 0 Å². The predicted octanol–water partition coefficient (Wildman–Crippen LogP) is 2.66. The number of hydrogen-bond acceptors (Lipinski definition) is 2. The van der Waals surface area contributed by atoms with Gasteiger partial charge in [0.15, 0.2) is 0 Å². The Kier molecular flexibility index (Phi) is 4.26. The van der Waals surface area contributed by atoms with Gasteiger partial charge in [-0.2, -0.15) is 0 Å². The van der Waals surface area contributed by atoms with Crippen molar-refractivity contribution in [1.82, 2.24) is 4.90 Å². The van der Waals surface area contributed by atoms with E-state index in [9.17, 15) is 5.11 Å². The van der Waals surface area contributed by atoms with E-state index in [4.69, 9.17) is 0 Å². The average Bonchev–Trinajstić information content (AvgIpc) is 2.28. The first-order valence-corrected chi connectivity index (χ1v) is 7.11. The zero-order valence-electron chi connectivity index (χ0n) is 10.7. The lowest BCUT2D eigenvalue weighted by Gasteiger charge is -2.46. The van der Waals surface area contributed by atoms with Gasteiger partial charge in [0, 0.05) is 31.7 Å². The van der Waals surface area contributed by atoms with Crippen LogP contribution in [0, 0.1) is 11.3 Å². The lowest BCUT2D eigenvalue weighted by molar-refractivity contribution is -0.00586. The van der Waals surface area contributed by atoms with Crippen LogP contribution in [0.4, 0.5) is 0 Å². The van der Waals surface area contributed by atoms with Gasteiger partial charge >= 0.3 is 0 Å². The monoisotopic (exact) mass is 225 g/mol. The molecule has 0 amide bonds. The molecule has 1 saturated heterocycles. The maximum Gasteiger partial charge on any atom is 0.0499 e. The molecule has 1 heterocycles. The van der Waals surface area contributed by atoms with Gasteiger partial charge in [-0.05, 0) is 25.2 Å². The summed E-state index contributed by atoms with van der Waals surface area (Å²) < 4.78 is 0. The van der Waals surface area contributed by atoms with Crippen LogP contribution in [0.3, 0.4) is 0 Å². The van der Waals surface area contributed by atoms with Crippen LogP contribution in [-0.4, -0.2) is 36.2 Å². The van der Waals surface area contributed by atoms with Crippen molar-refractivity contribution in [3.63, 3.8) is 0 Å². The minimum absolute atomic E-state index is 0.259. The Morgan fingerprint density at radius 2 is 1.88 bits per heavy atom. The molecule has 2 fully saturated rings. The third-order valence-electron chi connectivity index (χ3n) is 4.54. The molecular formula is C14H27NO. The van der Waals surface area contributed by atoms with Crippen molar-refractivity contribution in [1.29, 1.82) is 0 Å². The van der Waals surface area contributed by atoms with Crippen LogP contribution < -0.4 is 0 Å². The topological polar surface area (TPSA) is 23.5 Å². The summed E-state index contributed by atoms with van der Waals surface area (Å²) in [5, 5.41) is 9.65. The number of hydrogen-bond donors (Lipinski definition) is 1. The minimum atomic E-state index is 0.259.